The molecule has 0 atom stereocenters. The van der Waals surface area contributed by atoms with Gasteiger partial charge in [0.15, 0.2) is 0 Å². The van der Waals surface area contributed by atoms with Crippen molar-refractivity contribution < 1.29 is 0 Å². The molecule has 0 saturated heterocycles. The van der Waals surface area contributed by atoms with Crippen LogP contribution in [0.5, 0.6) is 0 Å². The van der Waals surface area contributed by atoms with Gasteiger partial charge in [-0.15, -0.1) is 23.2 Å². The molecule has 2 aromatic rings. The zero-order valence-electron chi connectivity index (χ0n) is 18.8. The van der Waals surface area contributed by atoms with Gasteiger partial charge < -0.3 is 4.90 Å². The van der Waals surface area contributed by atoms with E-state index >= 15 is 0 Å². The van der Waals surface area contributed by atoms with Gasteiger partial charge in [-0.1, -0.05) is 55.5 Å². The van der Waals surface area contributed by atoms with Gasteiger partial charge in [-0.3, -0.25) is 0 Å². The minimum atomic E-state index is -0.138. The molecule has 0 amide bonds. The average molecular weight is 457 g/mol. The zero-order valence-corrected chi connectivity index (χ0v) is 20.4. The smallest absolute Gasteiger partial charge is 0.0699 e. The van der Waals surface area contributed by atoms with Crippen molar-refractivity contribution in [3.8, 4) is 6.07 Å². The van der Waals surface area contributed by atoms with Gasteiger partial charge in [0.05, 0.1) is 15.8 Å². The first kappa shape index (κ1) is 24.1. The van der Waals surface area contributed by atoms with Gasteiger partial charge in [-0.25, -0.2) is 0 Å². The molecule has 0 heterocycles. The molecule has 0 radical (unpaired) electrons. The van der Waals surface area contributed by atoms with Crippen molar-refractivity contribution in [2.45, 2.75) is 68.5 Å². The van der Waals surface area contributed by atoms with E-state index in [2.05, 4.69) is 60.4 Å². The van der Waals surface area contributed by atoms with Crippen LogP contribution in [-0.2, 0) is 22.6 Å². The summed E-state index contributed by atoms with van der Waals surface area (Å²) >= 11 is 13.6. The summed E-state index contributed by atoms with van der Waals surface area (Å²) in [7, 11) is 0. The molecule has 0 aromatic heterocycles. The predicted molar refractivity (Wildman–Crippen MR) is 132 cm³/mol. The Kier molecular flexibility index (Phi) is 8.45. The largest absolute Gasteiger partial charge is 0.303 e. The summed E-state index contributed by atoms with van der Waals surface area (Å²) in [5, 5.41) is 7.32. The van der Waals surface area contributed by atoms with Crippen LogP contribution in [0.15, 0.2) is 48.5 Å². The first-order valence-corrected chi connectivity index (χ1v) is 12.3. The highest BCUT2D eigenvalue weighted by molar-refractivity contribution is 6.28. The first-order chi connectivity index (χ1) is 14.9. The zero-order chi connectivity index (χ0) is 22.3. The summed E-state index contributed by atoms with van der Waals surface area (Å²) in [6.45, 7) is 7.07. The maximum Gasteiger partial charge on any atom is 0.0699 e. The van der Waals surface area contributed by atoms with Crippen LogP contribution in [0.1, 0.15) is 68.2 Å². The highest BCUT2D eigenvalue weighted by atomic mass is 35.5. The van der Waals surface area contributed by atoms with Gasteiger partial charge in [0.1, 0.15) is 0 Å². The monoisotopic (exact) mass is 456 g/mol. The van der Waals surface area contributed by atoms with Crippen LogP contribution in [-0.4, -0.2) is 24.5 Å². The van der Waals surface area contributed by atoms with Crippen LogP contribution in [0.4, 0.5) is 0 Å². The third-order valence-electron chi connectivity index (χ3n) is 6.37. The van der Waals surface area contributed by atoms with Crippen LogP contribution in [0, 0.1) is 11.3 Å². The molecule has 4 rings (SSSR count). The van der Waals surface area contributed by atoms with Crippen molar-refractivity contribution in [2.75, 3.05) is 19.6 Å². The molecule has 31 heavy (non-hydrogen) atoms. The lowest BCUT2D eigenvalue weighted by Crippen LogP contribution is -2.27. The summed E-state index contributed by atoms with van der Waals surface area (Å²) < 4.78 is 0. The van der Waals surface area contributed by atoms with E-state index in [0.717, 1.165) is 58.2 Å². The van der Waals surface area contributed by atoms with Crippen molar-refractivity contribution in [3.63, 3.8) is 0 Å². The van der Waals surface area contributed by atoms with E-state index in [4.69, 9.17) is 28.5 Å². The lowest BCUT2D eigenvalue weighted by molar-refractivity contribution is 0.288. The van der Waals surface area contributed by atoms with Gasteiger partial charge in [0.2, 0.25) is 0 Å². The van der Waals surface area contributed by atoms with E-state index < -0.39 is 0 Å². The minimum Gasteiger partial charge on any atom is -0.303 e. The van der Waals surface area contributed by atoms with Crippen molar-refractivity contribution in [3.05, 3.63) is 70.8 Å². The fourth-order valence-corrected chi connectivity index (χ4v) is 4.64. The number of halogens is 2. The van der Waals surface area contributed by atoms with Crippen LogP contribution in [0.3, 0.4) is 0 Å². The second-order valence-corrected chi connectivity index (χ2v) is 10.3. The lowest BCUT2D eigenvalue weighted by Gasteiger charge is -2.21. The Labute approximate surface area is 198 Å². The summed E-state index contributed by atoms with van der Waals surface area (Å²) in [4.78, 5) is 2.29. The Balaban J connectivity index is 0.000000858. The maximum atomic E-state index is 7.32. The fourth-order valence-electron chi connectivity index (χ4n) is 4.13. The second-order valence-electron chi connectivity index (χ2n) is 8.81. The predicted octanol–water partition coefficient (Wildman–Crippen LogP) is 7.17. The third kappa shape index (κ3) is 6.72. The Hall–Kier alpha value is -1.53. The molecule has 0 unspecified atom stereocenters. The highest BCUT2D eigenvalue weighted by Gasteiger charge is 2.50. The molecule has 2 fully saturated rings. The third-order valence-corrected chi connectivity index (χ3v) is 7.54. The van der Waals surface area contributed by atoms with Crippen molar-refractivity contribution in [2.24, 2.45) is 0 Å². The standard InChI is InChI=1S/C25H31Cl2N.C2H3N/c1-2-28(18-12-20-7-4-3-5-8-20)17-6-9-21-10-11-22(24(26)13-14-24)23(19-21)25(27)15-16-25;1-2-3/h3-5,7-8,10-11,19H,2,6,9,12-18H2,1H3;1H3. The van der Waals surface area contributed by atoms with Crippen LogP contribution < -0.4 is 0 Å². The Morgan fingerprint density at radius 1 is 0.871 bits per heavy atom. The molecule has 0 aliphatic heterocycles. The number of nitrogens with zero attached hydrogens (tertiary/aromatic N) is 2. The molecule has 0 N–H and O–H groups in total. The highest BCUT2D eigenvalue weighted by Crippen LogP contribution is 2.60. The molecule has 166 valence electrons. The van der Waals surface area contributed by atoms with E-state index in [1.54, 1.807) is 6.07 Å². The lowest BCUT2D eigenvalue weighted by atomic mass is 9.94. The maximum absolute atomic E-state index is 7.32. The minimum absolute atomic E-state index is 0.130. The Morgan fingerprint density at radius 3 is 2.06 bits per heavy atom. The molecule has 2 saturated carbocycles. The van der Waals surface area contributed by atoms with Gasteiger partial charge in [0.25, 0.3) is 0 Å². The van der Waals surface area contributed by atoms with Crippen molar-refractivity contribution >= 4 is 23.2 Å². The molecule has 0 bridgehead atoms. The molecule has 4 heteroatoms. The van der Waals surface area contributed by atoms with Crippen molar-refractivity contribution in [1.82, 2.24) is 4.90 Å². The number of aryl methyl sites for hydroxylation is 1. The van der Waals surface area contributed by atoms with E-state index in [1.165, 1.54) is 35.6 Å². The van der Waals surface area contributed by atoms with E-state index in [9.17, 15) is 0 Å². The van der Waals surface area contributed by atoms with E-state index in [-0.39, 0.29) is 9.75 Å². The van der Waals surface area contributed by atoms with E-state index in [1.807, 2.05) is 0 Å². The topological polar surface area (TPSA) is 27.0 Å². The summed E-state index contributed by atoms with van der Waals surface area (Å²) in [5.41, 5.74) is 5.44. The number of rotatable bonds is 10. The van der Waals surface area contributed by atoms with Crippen LogP contribution in [0.25, 0.3) is 0 Å². The number of likely N-dealkylation sites (N-methyl/N-ethyl adjacent to an activating group) is 1. The molecule has 0 spiro atoms. The summed E-state index contributed by atoms with van der Waals surface area (Å²) in [6, 6.07) is 19.4. The number of alkyl halides is 2. The van der Waals surface area contributed by atoms with Gasteiger partial charge >= 0.3 is 0 Å². The van der Waals surface area contributed by atoms with Gasteiger partial charge in [0, 0.05) is 13.5 Å². The number of nitriles is 1. The number of hydrogen-bond donors (Lipinski definition) is 0. The molecule has 2 nitrogen and oxygen atoms in total. The normalized spacial score (nSPS) is 17.4. The SMILES string of the molecule is CC#N.CCN(CCCc1ccc(C2(Cl)CC2)c(C2(Cl)CC2)c1)CCc1ccccc1. The quantitative estimate of drug-likeness (QED) is 0.354. The first-order valence-electron chi connectivity index (χ1n) is 11.5. The molecular weight excluding hydrogens is 423 g/mol. The van der Waals surface area contributed by atoms with E-state index in [0.29, 0.717) is 0 Å². The van der Waals surface area contributed by atoms with Gasteiger partial charge in [-0.05, 0) is 80.3 Å². The van der Waals surface area contributed by atoms with Crippen LogP contribution in [0.2, 0.25) is 0 Å². The molecular formula is C27H34Cl2N2. The average Bonchev–Trinajstić information content (AvgIpc) is 3.71. The Morgan fingerprint density at radius 2 is 1.48 bits per heavy atom. The Bertz CT molecular complexity index is 880. The van der Waals surface area contributed by atoms with Crippen molar-refractivity contribution in [1.29, 1.82) is 5.26 Å². The summed E-state index contributed by atoms with van der Waals surface area (Å²) in [5.74, 6) is 0. The van der Waals surface area contributed by atoms with Crippen LogP contribution >= 0.6 is 23.2 Å². The second kappa shape index (κ2) is 10.9. The number of hydrogen-bond acceptors (Lipinski definition) is 2. The fraction of sp³-hybridized carbons (Fsp3) is 0.519. The molecule has 2 aliphatic carbocycles. The molecule has 2 aromatic carbocycles. The summed E-state index contributed by atoms with van der Waals surface area (Å²) in [6.07, 6.45) is 7.75. The molecule has 2 aliphatic rings. The van der Waals surface area contributed by atoms with Gasteiger partial charge in [-0.2, -0.15) is 5.26 Å². The number of benzene rings is 2.